The van der Waals surface area contributed by atoms with Gasteiger partial charge in [0.15, 0.2) is 5.76 Å². The van der Waals surface area contributed by atoms with Crippen LogP contribution in [-0.4, -0.2) is 149 Å². The van der Waals surface area contributed by atoms with Gasteiger partial charge in [0.25, 0.3) is 0 Å². The molecule has 5 saturated heterocycles. The van der Waals surface area contributed by atoms with Crippen LogP contribution in [0.3, 0.4) is 0 Å². The molecule has 5 fully saturated rings. The average Bonchev–Trinajstić information content (AvgIpc) is 1.67. The highest BCUT2D eigenvalue weighted by Crippen LogP contribution is 2.35. The van der Waals surface area contributed by atoms with Crippen molar-refractivity contribution < 1.29 is 86.4 Å². The molecule has 0 amide bonds. The number of aliphatic hydroxyl groups excluding tert-OH is 6. The van der Waals surface area contributed by atoms with Gasteiger partial charge in [-0.15, -0.1) is 0 Å². The smallest absolute Gasteiger partial charge is 0.353 e. The molecule has 31 nitrogen and oxygen atoms in total. The zero-order valence-electron chi connectivity index (χ0n) is 82.3. The molecule has 5 aliphatic rings. The van der Waals surface area contributed by atoms with E-state index in [1.165, 1.54) is 196 Å². The Morgan fingerprint density at radius 3 is 0.717 bits per heavy atom. The van der Waals surface area contributed by atoms with Crippen molar-refractivity contribution in [2.24, 2.45) is 0 Å². The minimum atomic E-state index is -0.470. The number of aliphatic hydroxyl groups is 6. The van der Waals surface area contributed by atoms with Gasteiger partial charge in [-0.3, -0.25) is 22.8 Å². The van der Waals surface area contributed by atoms with Crippen molar-refractivity contribution in [1.29, 1.82) is 0 Å². The van der Waals surface area contributed by atoms with Crippen LogP contribution in [0.15, 0.2) is 107 Å². The predicted octanol–water partition coefficient (Wildman–Crippen LogP) is 20.5. The molecule has 138 heavy (non-hydrogen) atoms. The molecular weight excluding hydrogens is 1760 g/mol. The Kier molecular flexibility index (Phi) is 48.9. The van der Waals surface area contributed by atoms with E-state index in [-0.39, 0.29) is 127 Å². The number of hydrogen-bond donors (Lipinski definition) is 6. The fourth-order valence-corrected chi connectivity index (χ4v) is 17.5. The van der Waals surface area contributed by atoms with Gasteiger partial charge in [0.1, 0.15) is 54.2 Å². The topological polar surface area (TPSA) is 408 Å². The Balaban J connectivity index is 0.000000455. The normalized spacial score (nSPS) is 19.2. The maximum absolute atomic E-state index is 12.3. The van der Waals surface area contributed by atoms with Gasteiger partial charge in [-0.25, -0.2) is 24.0 Å². The quantitative estimate of drug-likeness (QED) is 0.0152. The van der Waals surface area contributed by atoms with Crippen LogP contribution >= 0.6 is 0 Å². The minimum Gasteiger partial charge on any atom is -0.443 e. The summed E-state index contributed by atoms with van der Waals surface area (Å²) in [7, 11) is 0. The van der Waals surface area contributed by atoms with E-state index in [1.54, 1.807) is 44.0 Å². The monoisotopic (exact) mass is 1930 g/mol. The first-order chi connectivity index (χ1) is 67.4. The van der Waals surface area contributed by atoms with Crippen LogP contribution < -0.4 is 28.4 Å². The van der Waals surface area contributed by atoms with Gasteiger partial charge in [-0.05, 0) is 169 Å². The van der Waals surface area contributed by atoms with Crippen molar-refractivity contribution in [1.82, 2.24) is 47.8 Å². The molecule has 31 heteroatoms. The molecule has 0 radical (unpaired) electrons. The van der Waals surface area contributed by atoms with E-state index in [0.717, 1.165) is 134 Å². The first-order valence-electron chi connectivity index (χ1n) is 51.4. The number of ether oxygens (including phenoxy) is 5. The summed E-state index contributed by atoms with van der Waals surface area (Å²) in [5.74, 6) is 24.7. The maximum Gasteiger partial charge on any atom is 0.353 e. The third-order valence-corrected chi connectivity index (χ3v) is 25.4. The third kappa shape index (κ3) is 35.6. The Hall–Kier alpha value is -10.1. The van der Waals surface area contributed by atoms with E-state index in [9.17, 15) is 44.4 Å². The molecule has 5 aliphatic heterocycles. The summed E-state index contributed by atoms with van der Waals surface area (Å²) < 4.78 is 64.4. The SMILES string of the molecule is CC#CC#CC#CC#Cc1cc2cn(C3CCC(CO)O3)c(=O)nc2o1.CCCCCCCCCCCCc1cc2cn(C3CCC(CO)O3)c(=O)nc2o1.CCCCCCCCCCc1cc2cn(C3CCC(CO)O3)c(=O)nc2o1.CCCCCCCCCc1cc2cn(C3CCC(CO)O3)c(=O)nc2o1.CCCCCCCCc1cc2cn(C3CCC(CO)O3)c(=O)nc2o1.CCCCO.[HH].[HH].[HH].[HH].[HH].[HH].[HH]. The van der Waals surface area contributed by atoms with E-state index >= 15 is 0 Å². The molecule has 10 unspecified atom stereocenters. The Labute approximate surface area is 820 Å². The minimum absolute atomic E-state index is 0. The maximum atomic E-state index is 12.3. The summed E-state index contributed by atoms with van der Waals surface area (Å²) in [4.78, 5) is 81.5. The number of aromatic nitrogens is 10. The highest BCUT2D eigenvalue weighted by atomic mass is 16.5. The van der Waals surface area contributed by atoms with Crippen molar-refractivity contribution in [3.8, 4) is 47.4 Å². The molecule has 10 atom stereocenters. The molecule has 10 aromatic heterocycles. The van der Waals surface area contributed by atoms with Crippen LogP contribution in [0.25, 0.3) is 55.5 Å². The molecule has 768 valence electrons. The van der Waals surface area contributed by atoms with Crippen molar-refractivity contribution in [3.05, 3.63) is 143 Å². The van der Waals surface area contributed by atoms with Crippen LogP contribution in [0.5, 0.6) is 0 Å². The van der Waals surface area contributed by atoms with Crippen molar-refractivity contribution >= 4 is 55.5 Å². The zero-order valence-corrected chi connectivity index (χ0v) is 82.3. The molecule has 0 saturated carbocycles. The Bertz CT molecular complexity index is 5900. The number of furan rings is 5. The van der Waals surface area contributed by atoms with Gasteiger partial charge >= 0.3 is 28.4 Å². The lowest BCUT2D eigenvalue weighted by Gasteiger charge is -2.14. The molecule has 15 heterocycles. The third-order valence-electron chi connectivity index (χ3n) is 25.4. The lowest BCUT2D eigenvalue weighted by atomic mass is 10.1. The second-order valence-corrected chi connectivity index (χ2v) is 36.5. The van der Waals surface area contributed by atoms with Crippen LogP contribution in [0.1, 0.15) is 388 Å². The molecule has 0 bridgehead atoms. The van der Waals surface area contributed by atoms with E-state index in [1.807, 2.05) is 24.3 Å². The van der Waals surface area contributed by atoms with Crippen LogP contribution in [0, 0.1) is 47.4 Å². The molecule has 15 rings (SSSR count). The Morgan fingerprint density at radius 1 is 0.283 bits per heavy atom. The number of fused-ring (bicyclic) bond motifs is 5. The van der Waals surface area contributed by atoms with Gasteiger partial charge in [-0.2, -0.15) is 24.9 Å². The van der Waals surface area contributed by atoms with Crippen LogP contribution in [0.4, 0.5) is 0 Å². The number of nitrogens with zero attached hydrogens (tertiary/aromatic N) is 10. The average molecular weight is 1930 g/mol. The molecule has 10 aromatic rings. The highest BCUT2D eigenvalue weighted by molar-refractivity contribution is 5.76. The second kappa shape index (κ2) is 61.5. The summed E-state index contributed by atoms with van der Waals surface area (Å²) in [6.07, 6.45) is 58.2. The number of unbranched alkanes of at least 4 members (excludes halogenated alkanes) is 28. The largest absolute Gasteiger partial charge is 0.443 e. The lowest BCUT2D eigenvalue weighted by Crippen LogP contribution is -2.27. The fraction of sp³-hybridized carbons (Fsp3) is 0.645. The molecule has 0 spiro atoms. The Morgan fingerprint density at radius 2 is 0.500 bits per heavy atom. The fourth-order valence-electron chi connectivity index (χ4n) is 17.5. The van der Waals surface area contributed by atoms with Gasteiger partial charge in [0, 0.05) is 79.3 Å². The first kappa shape index (κ1) is 110. The predicted molar refractivity (Wildman–Crippen MR) is 546 cm³/mol. The number of rotatable bonds is 47. The second-order valence-electron chi connectivity index (χ2n) is 36.5. The van der Waals surface area contributed by atoms with E-state index in [2.05, 4.69) is 107 Å². The lowest BCUT2D eigenvalue weighted by molar-refractivity contribution is -0.0244. The summed E-state index contributed by atoms with van der Waals surface area (Å²) in [6.45, 7) is 12.9. The number of hydrogen-bond acceptors (Lipinski definition) is 26. The molecular formula is C107H164N10O21. The zero-order chi connectivity index (χ0) is 98.0. The van der Waals surface area contributed by atoms with E-state index in [4.69, 9.17) is 56.0 Å². The summed E-state index contributed by atoms with van der Waals surface area (Å²) in [6, 6.07) is 9.61. The summed E-state index contributed by atoms with van der Waals surface area (Å²) >= 11 is 0. The summed E-state index contributed by atoms with van der Waals surface area (Å²) in [5.41, 5.74) is -0.0952. The van der Waals surface area contributed by atoms with Gasteiger partial charge < -0.3 is 76.4 Å². The highest BCUT2D eigenvalue weighted by Gasteiger charge is 2.33. The molecule has 6 N–H and O–H groups in total. The van der Waals surface area contributed by atoms with Gasteiger partial charge in [0.05, 0.1) is 90.5 Å². The van der Waals surface area contributed by atoms with Crippen LogP contribution in [0.2, 0.25) is 0 Å². The first-order valence-corrected chi connectivity index (χ1v) is 51.4. The summed E-state index contributed by atoms with van der Waals surface area (Å²) in [5, 5.41) is 58.0. The van der Waals surface area contributed by atoms with Crippen molar-refractivity contribution in [2.75, 3.05) is 39.6 Å². The molecule has 0 aromatic carbocycles. The molecule has 0 aliphatic carbocycles. The number of aryl methyl sites for hydroxylation is 4. The van der Waals surface area contributed by atoms with Crippen molar-refractivity contribution in [3.63, 3.8) is 0 Å². The van der Waals surface area contributed by atoms with Gasteiger partial charge in [-0.1, -0.05) is 220 Å². The van der Waals surface area contributed by atoms with Crippen molar-refractivity contribution in [2.45, 2.75) is 405 Å². The van der Waals surface area contributed by atoms with E-state index < -0.39 is 11.9 Å². The van der Waals surface area contributed by atoms with Gasteiger partial charge in [0.2, 0.25) is 28.6 Å². The van der Waals surface area contributed by atoms with Crippen LogP contribution in [-0.2, 0) is 49.4 Å². The standard InChI is InChI=1S/C23H36N2O4.C21H32N2O4.C20H30N2O4.C20H14N2O4.C19H28N2O4.C4H10O.7H2/c1-2-3-4-5-6-7-8-9-10-11-12-19-15-18-16-25(23(27)24-22(18)29-19)21-14-13-20(17-26)28-21;1-2-3-4-5-6-7-8-9-10-17-13-16-14-23(21(25)22-20(16)27-17)19-12-11-18(15-24)26-19;2*1-2-3-4-5-6-7-8-9-16-12-15-13-22(20(24)21-19(15)26-16)18-11-10-17(14-23)25-18;1-2-3-4-5-6-7-8-15-11-14-12-21(19(23)20-18(14)25-15)17-10-9-16(13-22)24-17;1-2-3-4-5;;;;;;;/h15-16,20-21,26H,2-14,17H2,1H3;13-14,18-19,24H,2-12,15H2,1H3;12-13,17-18,23H,2-11,14H2,1H3;12-13,17-18,23H,10-11,14H2,1H3;11-12,16-17,22H,2-10,13H2,1H3;5H,2-4H2,1H3;7*1H. The van der Waals surface area contributed by atoms with E-state index in [0.29, 0.717) is 79.1 Å².